The second-order valence-electron chi connectivity index (χ2n) is 4.12. The van der Waals surface area contributed by atoms with Crippen LogP contribution in [0.5, 0.6) is 5.75 Å². The van der Waals surface area contributed by atoms with Gasteiger partial charge in [-0.2, -0.15) is 13.2 Å². The Labute approximate surface area is 109 Å². The quantitative estimate of drug-likeness (QED) is 0.754. The normalized spacial score (nSPS) is 11.6. The predicted molar refractivity (Wildman–Crippen MR) is 63.8 cm³/mol. The number of benzene rings is 1. The Hall–Kier alpha value is -1.27. The van der Waals surface area contributed by atoms with Crippen LogP contribution in [-0.4, -0.2) is 23.4 Å². The number of hydrogen-bond acceptors (Lipinski definition) is 3. The maximum absolute atomic E-state index is 12.8. The van der Waals surface area contributed by atoms with Crippen LogP contribution in [0.2, 0.25) is 0 Å². The van der Waals surface area contributed by atoms with E-state index >= 15 is 0 Å². The highest BCUT2D eigenvalue weighted by atomic mass is 19.4. The molecule has 0 saturated heterocycles. The minimum absolute atomic E-state index is 0.0685. The van der Waals surface area contributed by atoms with Crippen molar-refractivity contribution in [3.05, 3.63) is 29.3 Å². The molecule has 3 nitrogen and oxygen atoms in total. The Bertz CT molecular complexity index is 391. The van der Waals surface area contributed by atoms with Gasteiger partial charge in [-0.1, -0.05) is 6.07 Å². The van der Waals surface area contributed by atoms with Gasteiger partial charge in [0, 0.05) is 6.61 Å². The highest BCUT2D eigenvalue weighted by Gasteiger charge is 2.34. The zero-order valence-electron chi connectivity index (χ0n) is 10.4. The average Bonchev–Trinajstić information content (AvgIpc) is 2.37. The zero-order valence-corrected chi connectivity index (χ0v) is 10.4. The number of ether oxygens (including phenoxy) is 1. The summed E-state index contributed by atoms with van der Waals surface area (Å²) in [7, 11) is 0. The lowest BCUT2D eigenvalue weighted by molar-refractivity contribution is -0.139. The number of aliphatic hydroxyl groups excluding tert-OH is 2. The van der Waals surface area contributed by atoms with Crippen LogP contribution in [0, 0.1) is 0 Å². The molecule has 0 unspecified atom stereocenters. The molecule has 0 aliphatic heterocycles. The second kappa shape index (κ2) is 7.35. The van der Waals surface area contributed by atoms with Crippen LogP contribution in [-0.2, 0) is 12.8 Å². The smallest absolute Gasteiger partial charge is 0.419 e. The van der Waals surface area contributed by atoms with E-state index in [4.69, 9.17) is 14.9 Å². The van der Waals surface area contributed by atoms with Gasteiger partial charge >= 0.3 is 6.18 Å². The fourth-order valence-corrected chi connectivity index (χ4v) is 1.60. The molecule has 1 aromatic carbocycles. The molecule has 0 aromatic heterocycles. The van der Waals surface area contributed by atoms with E-state index < -0.39 is 18.3 Å². The SMILES string of the molecule is OCCCCCOc1ccc(CO)cc1C(F)(F)F. The molecule has 0 saturated carbocycles. The highest BCUT2D eigenvalue weighted by molar-refractivity contribution is 5.39. The molecule has 0 aliphatic rings. The van der Waals surface area contributed by atoms with Gasteiger partial charge in [-0.15, -0.1) is 0 Å². The largest absolute Gasteiger partial charge is 0.493 e. The minimum Gasteiger partial charge on any atom is -0.493 e. The first-order chi connectivity index (χ1) is 8.99. The third-order valence-corrected chi connectivity index (χ3v) is 2.59. The van der Waals surface area contributed by atoms with Crippen molar-refractivity contribution in [2.75, 3.05) is 13.2 Å². The lowest BCUT2D eigenvalue weighted by atomic mass is 10.1. The lowest BCUT2D eigenvalue weighted by Gasteiger charge is -2.15. The zero-order chi connectivity index (χ0) is 14.3. The van der Waals surface area contributed by atoms with Crippen molar-refractivity contribution in [3.8, 4) is 5.75 Å². The molecule has 108 valence electrons. The molecule has 0 fully saturated rings. The van der Waals surface area contributed by atoms with Crippen molar-refractivity contribution in [1.29, 1.82) is 0 Å². The third-order valence-electron chi connectivity index (χ3n) is 2.59. The highest BCUT2D eigenvalue weighted by Crippen LogP contribution is 2.36. The predicted octanol–water partition coefficient (Wildman–Crippen LogP) is 2.74. The fourth-order valence-electron chi connectivity index (χ4n) is 1.60. The fraction of sp³-hybridized carbons (Fsp3) is 0.538. The summed E-state index contributed by atoms with van der Waals surface area (Å²) in [4.78, 5) is 0. The van der Waals surface area contributed by atoms with Gasteiger partial charge in [0.15, 0.2) is 0 Å². The first kappa shape index (κ1) is 15.8. The molecular formula is C13H17F3O3. The van der Waals surface area contributed by atoms with Crippen LogP contribution in [0.1, 0.15) is 30.4 Å². The Balaban J connectivity index is 2.71. The van der Waals surface area contributed by atoms with Crippen molar-refractivity contribution in [3.63, 3.8) is 0 Å². The van der Waals surface area contributed by atoms with Gasteiger partial charge in [0.1, 0.15) is 5.75 Å². The molecular weight excluding hydrogens is 261 g/mol. The van der Waals surface area contributed by atoms with E-state index in [1.165, 1.54) is 12.1 Å². The summed E-state index contributed by atoms with van der Waals surface area (Å²) < 4.78 is 43.5. The molecule has 0 amide bonds. The maximum Gasteiger partial charge on any atom is 0.419 e. The van der Waals surface area contributed by atoms with Gasteiger partial charge in [-0.3, -0.25) is 0 Å². The monoisotopic (exact) mass is 278 g/mol. The molecule has 0 radical (unpaired) electrons. The van der Waals surface area contributed by atoms with E-state index in [0.717, 1.165) is 6.07 Å². The lowest BCUT2D eigenvalue weighted by Crippen LogP contribution is -2.10. The molecule has 0 aliphatic carbocycles. The standard InChI is InChI=1S/C13H17F3O3/c14-13(15,16)11-8-10(9-18)4-5-12(11)19-7-3-1-2-6-17/h4-5,8,17-18H,1-3,6-7,9H2. The van der Waals surface area contributed by atoms with E-state index in [2.05, 4.69) is 0 Å². The average molecular weight is 278 g/mol. The van der Waals surface area contributed by atoms with Crippen molar-refractivity contribution in [1.82, 2.24) is 0 Å². The van der Waals surface area contributed by atoms with Crippen LogP contribution in [0.15, 0.2) is 18.2 Å². The van der Waals surface area contributed by atoms with Crippen LogP contribution in [0.4, 0.5) is 13.2 Å². The first-order valence-electron chi connectivity index (χ1n) is 6.03. The van der Waals surface area contributed by atoms with Gasteiger partial charge in [-0.25, -0.2) is 0 Å². The molecule has 1 aromatic rings. The number of hydrogen-bond donors (Lipinski definition) is 2. The summed E-state index contributed by atoms with van der Waals surface area (Å²) in [5.74, 6) is -0.228. The van der Waals surface area contributed by atoms with E-state index in [9.17, 15) is 13.2 Å². The van der Waals surface area contributed by atoms with Gasteiger partial charge < -0.3 is 14.9 Å². The topological polar surface area (TPSA) is 49.7 Å². The van der Waals surface area contributed by atoms with Gasteiger partial charge in [0.2, 0.25) is 0 Å². The minimum atomic E-state index is -4.51. The Morgan fingerprint density at radius 2 is 1.79 bits per heavy atom. The molecule has 0 spiro atoms. The molecule has 0 atom stereocenters. The van der Waals surface area contributed by atoms with Crippen molar-refractivity contribution < 1.29 is 28.1 Å². The number of aliphatic hydroxyl groups is 2. The number of halogens is 3. The Morgan fingerprint density at radius 3 is 2.37 bits per heavy atom. The van der Waals surface area contributed by atoms with Crippen molar-refractivity contribution >= 4 is 0 Å². The summed E-state index contributed by atoms with van der Waals surface area (Å²) in [6.07, 6.45) is -2.61. The number of unbranched alkanes of at least 4 members (excludes halogenated alkanes) is 2. The van der Waals surface area contributed by atoms with Crippen LogP contribution in [0.25, 0.3) is 0 Å². The molecule has 1 rings (SSSR count). The summed E-state index contributed by atoms with van der Waals surface area (Å²) >= 11 is 0. The molecule has 0 heterocycles. The Morgan fingerprint density at radius 1 is 1.05 bits per heavy atom. The summed E-state index contributed by atoms with van der Waals surface area (Å²) in [5.41, 5.74) is -0.679. The summed E-state index contributed by atoms with van der Waals surface area (Å²) in [5, 5.41) is 17.4. The van der Waals surface area contributed by atoms with Crippen LogP contribution in [0.3, 0.4) is 0 Å². The Kier molecular flexibility index (Phi) is 6.11. The van der Waals surface area contributed by atoms with Crippen molar-refractivity contribution in [2.45, 2.75) is 32.0 Å². The van der Waals surface area contributed by atoms with Gasteiger partial charge in [0.05, 0.1) is 18.8 Å². The van der Waals surface area contributed by atoms with Crippen LogP contribution >= 0.6 is 0 Å². The van der Waals surface area contributed by atoms with Crippen LogP contribution < -0.4 is 4.74 Å². The molecule has 6 heteroatoms. The maximum atomic E-state index is 12.8. The molecule has 0 bridgehead atoms. The van der Waals surface area contributed by atoms with E-state index in [-0.39, 0.29) is 24.5 Å². The molecule has 19 heavy (non-hydrogen) atoms. The van der Waals surface area contributed by atoms with Gasteiger partial charge in [0.25, 0.3) is 0 Å². The van der Waals surface area contributed by atoms with E-state index in [1.807, 2.05) is 0 Å². The molecule has 2 N–H and O–H groups in total. The summed E-state index contributed by atoms with van der Waals surface area (Å²) in [6, 6.07) is 3.52. The summed E-state index contributed by atoms with van der Waals surface area (Å²) in [6.45, 7) is -0.208. The first-order valence-corrected chi connectivity index (χ1v) is 6.03. The second-order valence-corrected chi connectivity index (χ2v) is 4.12. The van der Waals surface area contributed by atoms with E-state index in [0.29, 0.717) is 19.3 Å². The van der Waals surface area contributed by atoms with E-state index in [1.54, 1.807) is 0 Å². The van der Waals surface area contributed by atoms with Crippen molar-refractivity contribution in [2.24, 2.45) is 0 Å². The van der Waals surface area contributed by atoms with Gasteiger partial charge in [-0.05, 0) is 37.0 Å². The number of rotatable bonds is 7. The number of alkyl halides is 3. The third kappa shape index (κ3) is 5.08.